The van der Waals surface area contributed by atoms with E-state index in [9.17, 15) is 23.1 Å². The van der Waals surface area contributed by atoms with E-state index in [0.717, 1.165) is 17.8 Å². The molecule has 174 valence electrons. The summed E-state index contributed by atoms with van der Waals surface area (Å²) in [5.41, 5.74) is -1.04. The van der Waals surface area contributed by atoms with Gasteiger partial charge in [-0.2, -0.15) is 0 Å². The molecular weight excluding hydrogens is 550 g/mol. The highest BCUT2D eigenvalue weighted by Crippen LogP contribution is 2.31. The van der Waals surface area contributed by atoms with Crippen LogP contribution in [0.4, 0.5) is 24.5 Å². The largest absolute Gasteiger partial charge is 0.385 e. The summed E-state index contributed by atoms with van der Waals surface area (Å²) in [6.07, 6.45) is 3.52. The van der Waals surface area contributed by atoms with Crippen molar-refractivity contribution in [2.45, 2.75) is 12.1 Å². The van der Waals surface area contributed by atoms with E-state index in [0.29, 0.717) is 10.1 Å². The lowest BCUT2D eigenvalue weighted by Gasteiger charge is -2.46. The van der Waals surface area contributed by atoms with Gasteiger partial charge in [0, 0.05) is 29.9 Å². The summed E-state index contributed by atoms with van der Waals surface area (Å²) in [7, 11) is 1.85. The van der Waals surface area contributed by atoms with Crippen molar-refractivity contribution in [3.8, 4) is 0 Å². The Morgan fingerprint density at radius 2 is 1.97 bits per heavy atom. The van der Waals surface area contributed by atoms with Gasteiger partial charge < -0.3 is 25.2 Å². The molecule has 0 atom stereocenters. The molecule has 2 heterocycles. The highest BCUT2D eigenvalue weighted by molar-refractivity contribution is 14.1. The second-order valence-corrected chi connectivity index (χ2v) is 9.30. The summed E-state index contributed by atoms with van der Waals surface area (Å²) in [5, 5.41) is 16.3. The second kappa shape index (κ2) is 9.31. The van der Waals surface area contributed by atoms with Gasteiger partial charge in [-0.3, -0.25) is 4.79 Å². The van der Waals surface area contributed by atoms with Gasteiger partial charge in [0.15, 0.2) is 11.6 Å². The van der Waals surface area contributed by atoms with Crippen molar-refractivity contribution in [1.82, 2.24) is 19.8 Å². The predicted octanol–water partition coefficient (Wildman–Crippen LogP) is 3.16. The summed E-state index contributed by atoms with van der Waals surface area (Å²) < 4.78 is 45.2. The van der Waals surface area contributed by atoms with Gasteiger partial charge in [-0.05, 0) is 52.9 Å². The van der Waals surface area contributed by atoms with Gasteiger partial charge >= 0.3 is 0 Å². The highest BCUT2D eigenvalue weighted by Gasteiger charge is 2.44. The molecule has 2 aromatic carbocycles. The third kappa shape index (κ3) is 5.14. The number of hydrogen-bond donors (Lipinski definition) is 3. The second-order valence-electron chi connectivity index (χ2n) is 8.05. The van der Waals surface area contributed by atoms with Crippen molar-refractivity contribution in [1.29, 1.82) is 0 Å². The van der Waals surface area contributed by atoms with E-state index in [2.05, 4.69) is 15.6 Å². The number of anilines is 2. The number of aromatic nitrogens is 2. The van der Waals surface area contributed by atoms with Gasteiger partial charge in [0.05, 0.1) is 42.0 Å². The van der Waals surface area contributed by atoms with E-state index in [1.807, 2.05) is 40.4 Å². The van der Waals surface area contributed by atoms with Crippen LogP contribution in [0.15, 0.2) is 42.9 Å². The minimum Gasteiger partial charge on any atom is -0.385 e. The number of carbonyl (C=O) groups is 1. The van der Waals surface area contributed by atoms with Crippen molar-refractivity contribution in [3.05, 3.63) is 75.1 Å². The molecule has 1 aromatic heterocycles. The van der Waals surface area contributed by atoms with Gasteiger partial charge in [-0.15, -0.1) is 0 Å². The van der Waals surface area contributed by atoms with Crippen LogP contribution in [0.25, 0.3) is 0 Å². The SMILES string of the molecule is Cn1cnc(CNCC2(O)CN(C(=O)c3ccc(F)c(F)c3Nc3ccc(I)cc3F)C2)c1. The van der Waals surface area contributed by atoms with Crippen molar-refractivity contribution in [2.75, 3.05) is 25.0 Å². The normalized spacial score (nSPS) is 14.8. The van der Waals surface area contributed by atoms with Crippen LogP contribution < -0.4 is 10.6 Å². The number of halogens is 4. The van der Waals surface area contributed by atoms with Crippen LogP contribution in [0, 0.1) is 21.0 Å². The molecule has 1 amide bonds. The van der Waals surface area contributed by atoms with E-state index in [1.54, 1.807) is 12.4 Å². The molecule has 1 aliphatic heterocycles. The minimum atomic E-state index is -1.29. The number of rotatable bonds is 7. The summed E-state index contributed by atoms with van der Waals surface area (Å²) in [4.78, 5) is 18.5. The predicted molar refractivity (Wildman–Crippen MR) is 125 cm³/mol. The molecular formula is C22H21F3IN5O2. The van der Waals surface area contributed by atoms with E-state index in [1.165, 1.54) is 17.0 Å². The number of likely N-dealkylation sites (tertiary alicyclic amines) is 1. The van der Waals surface area contributed by atoms with Crippen molar-refractivity contribution >= 4 is 39.9 Å². The Hall–Kier alpha value is -2.64. The van der Waals surface area contributed by atoms with E-state index in [-0.39, 0.29) is 30.9 Å². The van der Waals surface area contributed by atoms with Gasteiger partial charge in [0.1, 0.15) is 11.4 Å². The number of benzene rings is 2. The van der Waals surface area contributed by atoms with Crippen molar-refractivity contribution < 1.29 is 23.1 Å². The number of carbonyl (C=O) groups excluding carboxylic acids is 1. The van der Waals surface area contributed by atoms with Crippen LogP contribution in [0.3, 0.4) is 0 Å². The van der Waals surface area contributed by atoms with Gasteiger partial charge in [-0.1, -0.05) is 0 Å². The van der Waals surface area contributed by atoms with Crippen LogP contribution in [0.2, 0.25) is 0 Å². The fraction of sp³-hybridized carbons (Fsp3) is 0.273. The van der Waals surface area contributed by atoms with Gasteiger partial charge in [0.25, 0.3) is 5.91 Å². The average Bonchev–Trinajstić information content (AvgIpc) is 3.16. The van der Waals surface area contributed by atoms with Crippen molar-refractivity contribution in [3.63, 3.8) is 0 Å². The molecule has 1 saturated heterocycles. The molecule has 0 radical (unpaired) electrons. The Morgan fingerprint density at radius 3 is 2.64 bits per heavy atom. The number of imidazole rings is 1. The van der Waals surface area contributed by atoms with E-state index < -0.39 is 34.6 Å². The summed E-state index contributed by atoms with van der Waals surface area (Å²) in [6, 6.07) is 6.20. The van der Waals surface area contributed by atoms with Crippen LogP contribution in [-0.4, -0.2) is 50.7 Å². The zero-order valence-corrected chi connectivity index (χ0v) is 19.7. The zero-order chi connectivity index (χ0) is 23.8. The molecule has 1 fully saturated rings. The fourth-order valence-electron chi connectivity index (χ4n) is 3.65. The minimum absolute atomic E-state index is 0.0113. The Labute approximate surface area is 201 Å². The van der Waals surface area contributed by atoms with Crippen LogP contribution in [0.5, 0.6) is 0 Å². The molecule has 11 heteroatoms. The van der Waals surface area contributed by atoms with E-state index >= 15 is 0 Å². The summed E-state index contributed by atoms with van der Waals surface area (Å²) in [6.45, 7) is 0.703. The standard InChI is InChI=1S/C22H21F3IN5O2/c1-30-8-14(28-12-30)7-27-9-22(33)10-31(11-22)21(32)15-3-4-16(23)19(25)20(15)29-18-5-2-13(26)6-17(18)24/h2-6,8,12,27,29,33H,7,9-11H2,1H3. The molecule has 33 heavy (non-hydrogen) atoms. The maximum atomic E-state index is 14.6. The third-order valence-electron chi connectivity index (χ3n) is 5.29. The number of β-amino-alcohol motifs (C(OH)–C–C–N with tert-alkyl or cyclic N) is 1. The Morgan fingerprint density at radius 1 is 1.21 bits per heavy atom. The zero-order valence-electron chi connectivity index (χ0n) is 17.6. The number of hydrogen-bond acceptors (Lipinski definition) is 5. The molecule has 0 aliphatic carbocycles. The Kier molecular flexibility index (Phi) is 6.64. The molecule has 0 spiro atoms. The first-order valence-electron chi connectivity index (χ1n) is 10.0. The molecule has 0 unspecified atom stereocenters. The Balaban J connectivity index is 1.44. The third-order valence-corrected chi connectivity index (χ3v) is 5.96. The molecule has 0 saturated carbocycles. The molecule has 3 N–H and O–H groups in total. The monoisotopic (exact) mass is 571 g/mol. The first-order valence-corrected chi connectivity index (χ1v) is 11.1. The molecule has 3 aromatic rings. The highest BCUT2D eigenvalue weighted by atomic mass is 127. The lowest BCUT2D eigenvalue weighted by atomic mass is 9.92. The maximum absolute atomic E-state index is 14.6. The van der Waals surface area contributed by atoms with E-state index in [4.69, 9.17) is 0 Å². The Bertz CT molecular complexity index is 1200. The topological polar surface area (TPSA) is 82.4 Å². The molecule has 7 nitrogen and oxygen atoms in total. The van der Waals surface area contributed by atoms with Crippen LogP contribution in [-0.2, 0) is 13.6 Å². The first kappa shape index (κ1) is 23.5. The first-order chi connectivity index (χ1) is 15.6. The van der Waals surface area contributed by atoms with Crippen LogP contribution in [0.1, 0.15) is 16.1 Å². The number of aryl methyl sites for hydroxylation is 1. The summed E-state index contributed by atoms with van der Waals surface area (Å²) in [5.74, 6) is -3.72. The average molecular weight is 571 g/mol. The lowest BCUT2D eigenvalue weighted by molar-refractivity contribution is -0.0787. The van der Waals surface area contributed by atoms with Crippen LogP contribution >= 0.6 is 22.6 Å². The lowest BCUT2D eigenvalue weighted by Crippen LogP contribution is -2.67. The number of aliphatic hydroxyl groups is 1. The quantitative estimate of drug-likeness (QED) is 0.380. The molecule has 4 rings (SSSR count). The maximum Gasteiger partial charge on any atom is 0.256 e. The summed E-state index contributed by atoms with van der Waals surface area (Å²) >= 11 is 1.92. The number of nitrogens with one attached hydrogen (secondary N) is 2. The number of amides is 1. The van der Waals surface area contributed by atoms with Gasteiger partial charge in [-0.25, -0.2) is 18.2 Å². The number of nitrogens with zero attached hydrogens (tertiary/aromatic N) is 3. The fourth-order valence-corrected chi connectivity index (χ4v) is 4.10. The van der Waals surface area contributed by atoms with Gasteiger partial charge in [0.2, 0.25) is 0 Å². The molecule has 1 aliphatic rings. The van der Waals surface area contributed by atoms with Crippen molar-refractivity contribution in [2.24, 2.45) is 7.05 Å². The molecule has 0 bridgehead atoms. The smallest absolute Gasteiger partial charge is 0.256 e.